The maximum atomic E-state index is 6.31. The summed E-state index contributed by atoms with van der Waals surface area (Å²) < 4.78 is 1.07. The minimum atomic E-state index is 0.263. The van der Waals surface area contributed by atoms with Crippen LogP contribution in [0.2, 0.25) is 5.02 Å². The molecule has 2 aromatic rings. The van der Waals surface area contributed by atoms with Crippen LogP contribution in [0.1, 0.15) is 23.4 Å². The van der Waals surface area contributed by atoms with Gasteiger partial charge in [-0.3, -0.25) is 0 Å². The van der Waals surface area contributed by atoms with Gasteiger partial charge >= 0.3 is 0 Å². The van der Waals surface area contributed by atoms with E-state index in [9.17, 15) is 0 Å². The average molecular weight is 345 g/mol. The van der Waals surface area contributed by atoms with E-state index in [1.54, 1.807) is 11.3 Å². The standard InChI is InChI=1S/C14H15BrClNS/c1-2-17-14(9-11-4-3-7-18-11)12-8-10(15)5-6-13(12)16/h3-8,14,17H,2,9H2,1H3. The average Bonchev–Trinajstić information content (AvgIpc) is 2.85. The highest BCUT2D eigenvalue weighted by atomic mass is 79.9. The highest BCUT2D eigenvalue weighted by Gasteiger charge is 2.15. The molecule has 1 N–H and O–H groups in total. The van der Waals surface area contributed by atoms with Crippen LogP contribution >= 0.6 is 38.9 Å². The molecule has 1 heterocycles. The van der Waals surface area contributed by atoms with E-state index in [0.717, 1.165) is 28.0 Å². The molecule has 1 atom stereocenters. The van der Waals surface area contributed by atoms with Crippen molar-refractivity contribution in [2.75, 3.05) is 6.54 Å². The zero-order valence-electron chi connectivity index (χ0n) is 10.1. The minimum Gasteiger partial charge on any atom is -0.310 e. The van der Waals surface area contributed by atoms with Gasteiger partial charge in [-0.05, 0) is 41.8 Å². The molecule has 1 unspecified atom stereocenters. The summed E-state index contributed by atoms with van der Waals surface area (Å²) in [7, 11) is 0. The van der Waals surface area contributed by atoms with Crippen LogP contribution in [0.15, 0.2) is 40.2 Å². The van der Waals surface area contributed by atoms with E-state index in [-0.39, 0.29) is 6.04 Å². The predicted octanol–water partition coefficient (Wildman–Crippen LogP) is 5.06. The molecule has 4 heteroatoms. The molecule has 0 aliphatic carbocycles. The lowest BCUT2D eigenvalue weighted by molar-refractivity contribution is 0.553. The quantitative estimate of drug-likeness (QED) is 0.799. The number of thiophene rings is 1. The van der Waals surface area contributed by atoms with Crippen molar-refractivity contribution < 1.29 is 0 Å². The summed E-state index contributed by atoms with van der Waals surface area (Å²) in [5.74, 6) is 0. The van der Waals surface area contributed by atoms with Crippen LogP contribution in [0.25, 0.3) is 0 Å². The van der Waals surface area contributed by atoms with Crippen molar-refractivity contribution in [3.8, 4) is 0 Å². The van der Waals surface area contributed by atoms with Crippen molar-refractivity contribution in [3.63, 3.8) is 0 Å². The van der Waals surface area contributed by atoms with Gasteiger partial charge in [-0.2, -0.15) is 0 Å². The molecule has 0 radical (unpaired) electrons. The second kappa shape index (κ2) is 6.71. The molecule has 0 fully saturated rings. The van der Waals surface area contributed by atoms with Crippen molar-refractivity contribution in [1.82, 2.24) is 5.32 Å². The van der Waals surface area contributed by atoms with Gasteiger partial charge in [0.25, 0.3) is 0 Å². The normalized spacial score (nSPS) is 12.6. The van der Waals surface area contributed by atoms with Crippen LogP contribution in [0.4, 0.5) is 0 Å². The van der Waals surface area contributed by atoms with Gasteiger partial charge in [0, 0.05) is 26.8 Å². The van der Waals surface area contributed by atoms with Crippen LogP contribution in [-0.4, -0.2) is 6.54 Å². The van der Waals surface area contributed by atoms with Gasteiger partial charge in [0.1, 0.15) is 0 Å². The van der Waals surface area contributed by atoms with Gasteiger partial charge in [-0.15, -0.1) is 11.3 Å². The Bertz CT molecular complexity index is 499. The van der Waals surface area contributed by atoms with Gasteiger partial charge in [0.2, 0.25) is 0 Å². The number of benzene rings is 1. The number of nitrogens with one attached hydrogen (secondary N) is 1. The lowest BCUT2D eigenvalue weighted by atomic mass is 10.0. The van der Waals surface area contributed by atoms with Crippen LogP contribution in [0.3, 0.4) is 0 Å². The van der Waals surface area contributed by atoms with Crippen LogP contribution in [0, 0.1) is 0 Å². The molecule has 0 aliphatic rings. The van der Waals surface area contributed by atoms with Crippen LogP contribution in [-0.2, 0) is 6.42 Å². The van der Waals surface area contributed by atoms with Gasteiger partial charge in [-0.1, -0.05) is 40.5 Å². The Hall–Kier alpha value is -0.350. The number of hydrogen-bond donors (Lipinski definition) is 1. The van der Waals surface area contributed by atoms with Crippen molar-refractivity contribution >= 4 is 38.9 Å². The molecule has 1 aromatic carbocycles. The van der Waals surface area contributed by atoms with Crippen molar-refractivity contribution in [1.29, 1.82) is 0 Å². The first-order chi connectivity index (χ1) is 8.70. The third-order valence-electron chi connectivity index (χ3n) is 2.77. The van der Waals surface area contributed by atoms with E-state index in [2.05, 4.69) is 51.7 Å². The summed E-state index contributed by atoms with van der Waals surface area (Å²) in [6, 6.07) is 10.5. The second-order valence-electron chi connectivity index (χ2n) is 4.06. The number of halogens is 2. The number of hydrogen-bond acceptors (Lipinski definition) is 2. The Labute approximate surface area is 125 Å². The highest BCUT2D eigenvalue weighted by molar-refractivity contribution is 9.10. The highest BCUT2D eigenvalue weighted by Crippen LogP contribution is 2.29. The summed E-state index contributed by atoms with van der Waals surface area (Å²) >= 11 is 11.6. The molecule has 2 rings (SSSR count). The molecule has 18 heavy (non-hydrogen) atoms. The first-order valence-electron chi connectivity index (χ1n) is 5.91. The Morgan fingerprint density at radius 3 is 2.89 bits per heavy atom. The Balaban J connectivity index is 2.26. The zero-order valence-corrected chi connectivity index (χ0v) is 13.3. The van der Waals surface area contributed by atoms with Crippen LogP contribution < -0.4 is 5.32 Å². The lowest BCUT2D eigenvalue weighted by Gasteiger charge is -2.19. The molecular weight excluding hydrogens is 330 g/mol. The molecule has 0 aliphatic heterocycles. The molecular formula is C14H15BrClNS. The smallest absolute Gasteiger partial charge is 0.0454 e. The zero-order chi connectivity index (χ0) is 13.0. The first kappa shape index (κ1) is 14.1. The van der Waals surface area contributed by atoms with Gasteiger partial charge in [0.15, 0.2) is 0 Å². The van der Waals surface area contributed by atoms with E-state index >= 15 is 0 Å². The number of rotatable bonds is 5. The monoisotopic (exact) mass is 343 g/mol. The maximum Gasteiger partial charge on any atom is 0.0454 e. The molecule has 1 nitrogen and oxygen atoms in total. The van der Waals surface area contributed by atoms with E-state index in [4.69, 9.17) is 11.6 Å². The number of likely N-dealkylation sites (N-methyl/N-ethyl adjacent to an activating group) is 1. The second-order valence-corrected chi connectivity index (χ2v) is 6.41. The third kappa shape index (κ3) is 3.58. The van der Waals surface area contributed by atoms with E-state index in [1.165, 1.54) is 4.88 Å². The first-order valence-corrected chi connectivity index (χ1v) is 7.96. The van der Waals surface area contributed by atoms with E-state index < -0.39 is 0 Å². The molecule has 0 amide bonds. The molecule has 96 valence electrons. The molecule has 0 spiro atoms. The molecule has 0 bridgehead atoms. The fourth-order valence-electron chi connectivity index (χ4n) is 1.95. The van der Waals surface area contributed by atoms with Crippen molar-refractivity contribution in [2.24, 2.45) is 0 Å². The maximum absolute atomic E-state index is 6.31. The van der Waals surface area contributed by atoms with Gasteiger partial charge in [-0.25, -0.2) is 0 Å². The lowest BCUT2D eigenvalue weighted by Crippen LogP contribution is -2.23. The minimum absolute atomic E-state index is 0.263. The van der Waals surface area contributed by atoms with Crippen molar-refractivity contribution in [2.45, 2.75) is 19.4 Å². The van der Waals surface area contributed by atoms with Gasteiger partial charge < -0.3 is 5.32 Å². The fourth-order valence-corrected chi connectivity index (χ4v) is 3.33. The fraction of sp³-hybridized carbons (Fsp3) is 0.286. The van der Waals surface area contributed by atoms with E-state index in [0.29, 0.717) is 0 Å². The summed E-state index contributed by atoms with van der Waals surface area (Å²) in [5.41, 5.74) is 1.15. The Kier molecular flexibility index (Phi) is 5.25. The summed E-state index contributed by atoms with van der Waals surface area (Å²) in [6.07, 6.45) is 0.974. The third-order valence-corrected chi connectivity index (χ3v) is 4.51. The molecule has 0 saturated heterocycles. The van der Waals surface area contributed by atoms with Gasteiger partial charge in [0.05, 0.1) is 0 Å². The predicted molar refractivity (Wildman–Crippen MR) is 83.6 cm³/mol. The molecule has 0 saturated carbocycles. The summed E-state index contributed by atoms with van der Waals surface area (Å²) in [4.78, 5) is 1.37. The Morgan fingerprint density at radius 2 is 2.22 bits per heavy atom. The van der Waals surface area contributed by atoms with Crippen LogP contribution in [0.5, 0.6) is 0 Å². The summed E-state index contributed by atoms with van der Waals surface area (Å²) in [6.45, 7) is 3.05. The largest absolute Gasteiger partial charge is 0.310 e. The Morgan fingerprint density at radius 1 is 1.39 bits per heavy atom. The molecule has 1 aromatic heterocycles. The van der Waals surface area contributed by atoms with E-state index in [1.807, 2.05) is 12.1 Å². The topological polar surface area (TPSA) is 12.0 Å². The SMILES string of the molecule is CCNC(Cc1cccs1)c1cc(Br)ccc1Cl. The van der Waals surface area contributed by atoms with Crippen molar-refractivity contribution in [3.05, 3.63) is 55.6 Å². The summed E-state index contributed by atoms with van der Waals surface area (Å²) in [5, 5.41) is 6.44.